The minimum Gasteiger partial charge on any atom is -0.493 e. The standard InChI is InChI=1S/C25H22ClF3N4O3/c1-35-21-12-18(23(34)33(9-7-25(27,28)29)15-17-5-3-8-30-13-17)11-20-22(21)36-24(32-20)31-14-16-4-2-6-19(26)10-16/h2-6,8,10-13H,7,9,14-15H2,1H3,(H,31,32). The summed E-state index contributed by atoms with van der Waals surface area (Å²) in [5.41, 5.74) is 2.26. The lowest BCUT2D eigenvalue weighted by Gasteiger charge is -2.23. The zero-order valence-electron chi connectivity index (χ0n) is 19.2. The normalized spacial score (nSPS) is 11.5. The monoisotopic (exact) mass is 518 g/mol. The van der Waals surface area contributed by atoms with Gasteiger partial charge in [-0.2, -0.15) is 18.2 Å². The van der Waals surface area contributed by atoms with Gasteiger partial charge in [0.2, 0.25) is 0 Å². The van der Waals surface area contributed by atoms with Gasteiger partial charge in [-0.1, -0.05) is 29.8 Å². The molecule has 2 heterocycles. The molecule has 11 heteroatoms. The number of carbonyl (C=O) groups is 1. The number of nitrogens with one attached hydrogen (secondary N) is 1. The van der Waals surface area contributed by atoms with Crippen molar-refractivity contribution in [3.63, 3.8) is 0 Å². The van der Waals surface area contributed by atoms with Crippen LogP contribution in [-0.2, 0) is 13.1 Å². The lowest BCUT2D eigenvalue weighted by molar-refractivity contribution is -0.136. The van der Waals surface area contributed by atoms with Crippen molar-refractivity contribution in [3.05, 3.63) is 82.6 Å². The average molecular weight is 519 g/mol. The second-order valence-corrected chi connectivity index (χ2v) is 8.42. The summed E-state index contributed by atoms with van der Waals surface area (Å²) in [6.07, 6.45) is -2.50. The molecule has 2 aromatic carbocycles. The van der Waals surface area contributed by atoms with Crippen LogP contribution < -0.4 is 10.1 Å². The van der Waals surface area contributed by atoms with E-state index < -0.39 is 25.0 Å². The largest absolute Gasteiger partial charge is 0.493 e. The number of hydrogen-bond donors (Lipinski definition) is 1. The maximum absolute atomic E-state index is 13.3. The van der Waals surface area contributed by atoms with Gasteiger partial charge in [-0.05, 0) is 41.5 Å². The first kappa shape index (κ1) is 25.3. The summed E-state index contributed by atoms with van der Waals surface area (Å²) in [7, 11) is 1.40. The van der Waals surface area contributed by atoms with E-state index in [0.717, 1.165) is 10.5 Å². The van der Waals surface area contributed by atoms with Gasteiger partial charge in [0.05, 0.1) is 13.5 Å². The number of hydrogen-bond acceptors (Lipinski definition) is 6. The number of oxazole rings is 1. The van der Waals surface area contributed by atoms with E-state index >= 15 is 0 Å². The van der Waals surface area contributed by atoms with Crippen molar-refractivity contribution >= 4 is 34.6 Å². The SMILES string of the molecule is COc1cc(C(=O)N(CCC(F)(F)F)Cc2cccnc2)cc2nc(NCc3cccc(Cl)c3)oc12. The minimum atomic E-state index is -4.41. The van der Waals surface area contributed by atoms with Gasteiger partial charge in [0.25, 0.3) is 11.9 Å². The van der Waals surface area contributed by atoms with Gasteiger partial charge in [-0.15, -0.1) is 0 Å². The highest BCUT2D eigenvalue weighted by atomic mass is 35.5. The summed E-state index contributed by atoms with van der Waals surface area (Å²) in [4.78, 5) is 22.8. The molecule has 188 valence electrons. The number of methoxy groups -OCH3 is 1. The predicted octanol–water partition coefficient (Wildman–Crippen LogP) is 6.09. The third-order valence-electron chi connectivity index (χ3n) is 5.30. The molecule has 7 nitrogen and oxygen atoms in total. The number of halogens is 4. The maximum Gasteiger partial charge on any atom is 0.390 e. The number of rotatable bonds is 9. The predicted molar refractivity (Wildman–Crippen MR) is 129 cm³/mol. The maximum atomic E-state index is 13.3. The highest BCUT2D eigenvalue weighted by Crippen LogP contribution is 2.31. The molecule has 0 aliphatic rings. The summed E-state index contributed by atoms with van der Waals surface area (Å²) in [5.74, 6) is -0.365. The second kappa shape index (κ2) is 10.9. The number of aromatic nitrogens is 2. The second-order valence-electron chi connectivity index (χ2n) is 7.98. The van der Waals surface area contributed by atoms with Crippen molar-refractivity contribution < 1.29 is 27.1 Å². The summed E-state index contributed by atoms with van der Waals surface area (Å²) >= 11 is 6.02. The fourth-order valence-corrected chi connectivity index (χ4v) is 3.80. The van der Waals surface area contributed by atoms with Crippen LogP contribution in [0.5, 0.6) is 5.75 Å². The number of carbonyl (C=O) groups excluding carboxylic acids is 1. The molecule has 36 heavy (non-hydrogen) atoms. The molecule has 0 aliphatic carbocycles. The first-order valence-corrected chi connectivity index (χ1v) is 11.3. The Labute approximate surface area is 209 Å². The number of benzene rings is 2. The Bertz CT molecular complexity index is 1350. The molecule has 2 aromatic heterocycles. The van der Waals surface area contributed by atoms with Crippen molar-refractivity contribution in [2.75, 3.05) is 19.0 Å². The zero-order chi connectivity index (χ0) is 25.7. The smallest absolute Gasteiger partial charge is 0.390 e. The number of ether oxygens (including phenoxy) is 1. The van der Waals surface area contributed by atoms with Gasteiger partial charge in [0.15, 0.2) is 11.3 Å². The van der Waals surface area contributed by atoms with Crippen LogP contribution in [0.25, 0.3) is 11.1 Å². The number of anilines is 1. The molecular formula is C25H22ClF3N4O3. The topological polar surface area (TPSA) is 80.5 Å². The number of fused-ring (bicyclic) bond motifs is 1. The molecule has 4 rings (SSSR count). The number of pyridine rings is 1. The van der Waals surface area contributed by atoms with E-state index in [4.69, 9.17) is 20.8 Å². The fourth-order valence-electron chi connectivity index (χ4n) is 3.59. The van der Waals surface area contributed by atoms with Crippen molar-refractivity contribution in [3.8, 4) is 5.75 Å². The average Bonchev–Trinajstić information content (AvgIpc) is 3.27. The third-order valence-corrected chi connectivity index (χ3v) is 5.54. The minimum absolute atomic E-state index is 0.0334. The Kier molecular flexibility index (Phi) is 7.64. The highest BCUT2D eigenvalue weighted by Gasteiger charge is 2.30. The molecule has 0 spiro atoms. The van der Waals surface area contributed by atoms with Crippen molar-refractivity contribution in [1.29, 1.82) is 0 Å². The van der Waals surface area contributed by atoms with Crippen molar-refractivity contribution in [1.82, 2.24) is 14.9 Å². The molecular weight excluding hydrogens is 497 g/mol. The van der Waals surface area contributed by atoms with E-state index in [2.05, 4.69) is 15.3 Å². The molecule has 0 radical (unpaired) electrons. The van der Waals surface area contributed by atoms with Crippen LogP contribution in [-0.4, -0.2) is 40.6 Å². The van der Waals surface area contributed by atoms with E-state index in [1.54, 1.807) is 30.5 Å². The van der Waals surface area contributed by atoms with E-state index in [-0.39, 0.29) is 23.9 Å². The van der Waals surface area contributed by atoms with Crippen LogP contribution in [0.3, 0.4) is 0 Å². The van der Waals surface area contributed by atoms with Gasteiger partial charge in [0.1, 0.15) is 5.52 Å². The first-order chi connectivity index (χ1) is 17.2. The number of nitrogens with zero attached hydrogens (tertiary/aromatic N) is 3. The van der Waals surface area contributed by atoms with Gasteiger partial charge in [0, 0.05) is 42.6 Å². The lowest BCUT2D eigenvalue weighted by atomic mass is 10.1. The van der Waals surface area contributed by atoms with Gasteiger partial charge >= 0.3 is 6.18 Å². The van der Waals surface area contributed by atoms with Crippen LogP contribution in [0.1, 0.15) is 27.9 Å². The van der Waals surface area contributed by atoms with Crippen LogP contribution in [0.4, 0.5) is 19.2 Å². The fraction of sp³-hybridized carbons (Fsp3) is 0.240. The molecule has 0 bridgehead atoms. The quantitative estimate of drug-likeness (QED) is 0.289. The van der Waals surface area contributed by atoms with Gasteiger partial charge in [-0.25, -0.2) is 0 Å². The Balaban J connectivity index is 1.60. The number of amides is 1. The van der Waals surface area contributed by atoms with E-state index in [1.807, 2.05) is 12.1 Å². The van der Waals surface area contributed by atoms with Crippen LogP contribution in [0, 0.1) is 0 Å². The molecule has 4 aromatic rings. The molecule has 0 saturated heterocycles. The van der Waals surface area contributed by atoms with Crippen molar-refractivity contribution in [2.24, 2.45) is 0 Å². The van der Waals surface area contributed by atoms with Crippen LogP contribution >= 0.6 is 11.6 Å². The summed E-state index contributed by atoms with van der Waals surface area (Å²) in [6.45, 7) is -0.158. The molecule has 1 N–H and O–H groups in total. The number of alkyl halides is 3. The molecule has 0 aliphatic heterocycles. The summed E-state index contributed by atoms with van der Waals surface area (Å²) in [5, 5.41) is 3.65. The van der Waals surface area contributed by atoms with Gasteiger partial charge < -0.3 is 19.4 Å². The summed E-state index contributed by atoms with van der Waals surface area (Å²) in [6, 6.07) is 13.7. The molecule has 0 fully saturated rings. The Morgan fingerprint density at radius 3 is 2.67 bits per heavy atom. The van der Waals surface area contributed by atoms with Gasteiger partial charge in [-0.3, -0.25) is 9.78 Å². The molecule has 0 atom stereocenters. The zero-order valence-corrected chi connectivity index (χ0v) is 19.9. The first-order valence-electron chi connectivity index (χ1n) is 10.9. The third kappa shape index (κ3) is 6.45. The van der Waals surface area contributed by atoms with Crippen LogP contribution in [0.2, 0.25) is 5.02 Å². The molecule has 0 unspecified atom stereocenters. The Hall–Kier alpha value is -3.79. The van der Waals surface area contributed by atoms with E-state index in [0.29, 0.717) is 28.2 Å². The van der Waals surface area contributed by atoms with E-state index in [1.165, 1.54) is 25.4 Å². The molecule has 0 saturated carbocycles. The van der Waals surface area contributed by atoms with Crippen LogP contribution in [0.15, 0.2) is 65.3 Å². The lowest BCUT2D eigenvalue weighted by Crippen LogP contribution is -2.33. The van der Waals surface area contributed by atoms with Crippen molar-refractivity contribution in [2.45, 2.75) is 25.7 Å². The Morgan fingerprint density at radius 1 is 1.17 bits per heavy atom. The highest BCUT2D eigenvalue weighted by molar-refractivity contribution is 6.30. The van der Waals surface area contributed by atoms with E-state index in [9.17, 15) is 18.0 Å². The Morgan fingerprint density at radius 2 is 1.97 bits per heavy atom. The summed E-state index contributed by atoms with van der Waals surface area (Å²) < 4.78 is 50.0. The molecule has 1 amide bonds.